The third-order valence-corrected chi connectivity index (χ3v) is 5.78. The summed E-state index contributed by atoms with van der Waals surface area (Å²) in [6.07, 6.45) is 2.41. The van der Waals surface area contributed by atoms with Gasteiger partial charge in [-0.1, -0.05) is 6.07 Å². The highest BCUT2D eigenvalue weighted by Gasteiger charge is 2.31. The summed E-state index contributed by atoms with van der Waals surface area (Å²) < 4.78 is 0. The number of piperidine rings is 1. The molecular weight excluding hydrogens is 358 g/mol. The normalized spacial score (nSPS) is 21.8. The van der Waals surface area contributed by atoms with E-state index in [2.05, 4.69) is 45.1 Å². The lowest BCUT2D eigenvalue weighted by Gasteiger charge is -2.39. The van der Waals surface area contributed by atoms with Gasteiger partial charge in [-0.15, -0.1) is 11.3 Å². The van der Waals surface area contributed by atoms with E-state index >= 15 is 0 Å². The van der Waals surface area contributed by atoms with Gasteiger partial charge < -0.3 is 15.5 Å². The molecular formula is C20H35N5OS. The summed E-state index contributed by atoms with van der Waals surface area (Å²) in [4.78, 5) is 22.3. The van der Waals surface area contributed by atoms with Crippen LogP contribution >= 0.6 is 11.3 Å². The average molecular weight is 394 g/mol. The zero-order valence-corrected chi connectivity index (χ0v) is 18.4. The smallest absolute Gasteiger partial charge is 0.240 e. The third kappa shape index (κ3) is 6.50. The van der Waals surface area contributed by atoms with Crippen LogP contribution in [-0.4, -0.2) is 68.0 Å². The van der Waals surface area contributed by atoms with Crippen LogP contribution in [-0.2, 0) is 4.79 Å². The van der Waals surface area contributed by atoms with Crippen molar-refractivity contribution in [2.75, 3.05) is 40.8 Å². The molecule has 27 heavy (non-hydrogen) atoms. The number of aliphatic imine (C=N–C) groups is 1. The van der Waals surface area contributed by atoms with Crippen LogP contribution in [0.1, 0.15) is 44.5 Å². The Labute approximate surface area is 168 Å². The van der Waals surface area contributed by atoms with E-state index in [1.807, 2.05) is 44.1 Å². The van der Waals surface area contributed by atoms with Crippen LogP contribution in [0.4, 0.5) is 0 Å². The molecule has 1 aromatic heterocycles. The summed E-state index contributed by atoms with van der Waals surface area (Å²) in [5.41, 5.74) is -0.227. The number of amides is 1. The minimum absolute atomic E-state index is 0.00168. The Kier molecular flexibility index (Phi) is 7.68. The van der Waals surface area contributed by atoms with Gasteiger partial charge in [0, 0.05) is 37.1 Å². The van der Waals surface area contributed by atoms with Crippen molar-refractivity contribution in [1.29, 1.82) is 0 Å². The second kappa shape index (κ2) is 9.55. The fourth-order valence-corrected chi connectivity index (χ4v) is 4.72. The van der Waals surface area contributed by atoms with E-state index in [0.29, 0.717) is 12.0 Å². The van der Waals surface area contributed by atoms with E-state index < -0.39 is 0 Å². The monoisotopic (exact) mass is 393 g/mol. The molecule has 0 spiro atoms. The SMILES string of the molecule is CN=C(NCC1CCCN(C)C1c1cccs1)N(C)CC(=O)NC(C)(C)C. The van der Waals surface area contributed by atoms with E-state index in [4.69, 9.17) is 0 Å². The molecule has 152 valence electrons. The molecule has 2 atom stereocenters. The number of hydrogen-bond acceptors (Lipinski definition) is 4. The number of carbonyl (C=O) groups excluding carboxylic acids is 1. The van der Waals surface area contributed by atoms with Crippen molar-refractivity contribution in [3.63, 3.8) is 0 Å². The van der Waals surface area contributed by atoms with E-state index in [1.54, 1.807) is 7.05 Å². The molecule has 0 saturated carbocycles. The van der Waals surface area contributed by atoms with Crippen LogP contribution in [0.15, 0.2) is 22.5 Å². The molecule has 1 aliphatic heterocycles. The third-order valence-electron chi connectivity index (χ3n) is 4.83. The van der Waals surface area contributed by atoms with Gasteiger partial charge in [0.25, 0.3) is 0 Å². The molecule has 2 rings (SSSR count). The Bertz CT molecular complexity index is 623. The fourth-order valence-electron chi connectivity index (χ4n) is 3.74. The first kappa shape index (κ1) is 21.7. The molecule has 0 aliphatic carbocycles. The van der Waals surface area contributed by atoms with Gasteiger partial charge in [0.05, 0.1) is 6.54 Å². The van der Waals surface area contributed by atoms with Gasteiger partial charge in [-0.3, -0.25) is 14.7 Å². The highest BCUT2D eigenvalue weighted by Crippen LogP contribution is 2.36. The van der Waals surface area contributed by atoms with Gasteiger partial charge in [0.15, 0.2) is 5.96 Å². The van der Waals surface area contributed by atoms with Crippen LogP contribution in [0.2, 0.25) is 0 Å². The number of thiophene rings is 1. The largest absolute Gasteiger partial charge is 0.356 e. The van der Waals surface area contributed by atoms with Crippen molar-refractivity contribution in [1.82, 2.24) is 20.4 Å². The summed E-state index contributed by atoms with van der Waals surface area (Å²) >= 11 is 1.83. The number of carbonyl (C=O) groups is 1. The highest BCUT2D eigenvalue weighted by molar-refractivity contribution is 7.10. The Morgan fingerprint density at radius 1 is 1.44 bits per heavy atom. The molecule has 1 saturated heterocycles. The maximum Gasteiger partial charge on any atom is 0.240 e. The first-order chi connectivity index (χ1) is 12.7. The number of nitrogens with one attached hydrogen (secondary N) is 2. The molecule has 2 heterocycles. The number of rotatable bonds is 5. The van der Waals surface area contributed by atoms with E-state index in [-0.39, 0.29) is 18.0 Å². The summed E-state index contributed by atoms with van der Waals surface area (Å²) in [7, 11) is 5.89. The molecule has 0 radical (unpaired) electrons. The van der Waals surface area contributed by atoms with E-state index in [0.717, 1.165) is 19.0 Å². The fraction of sp³-hybridized carbons (Fsp3) is 0.700. The molecule has 2 N–H and O–H groups in total. The number of hydrogen-bond donors (Lipinski definition) is 2. The molecule has 0 bridgehead atoms. The summed E-state index contributed by atoms with van der Waals surface area (Å²) in [6.45, 7) is 8.24. The maximum absolute atomic E-state index is 12.2. The van der Waals surface area contributed by atoms with Gasteiger partial charge >= 0.3 is 0 Å². The Balaban J connectivity index is 1.94. The summed E-state index contributed by atoms with van der Waals surface area (Å²) in [5, 5.41) is 8.65. The predicted octanol–water partition coefficient (Wildman–Crippen LogP) is 2.55. The van der Waals surface area contributed by atoms with Gasteiger partial charge in [-0.2, -0.15) is 0 Å². The number of likely N-dealkylation sites (N-methyl/N-ethyl adjacent to an activating group) is 1. The van der Waals surface area contributed by atoms with Crippen LogP contribution < -0.4 is 10.6 Å². The van der Waals surface area contributed by atoms with Crippen LogP contribution in [0.25, 0.3) is 0 Å². The van der Waals surface area contributed by atoms with Crippen molar-refractivity contribution in [3.05, 3.63) is 22.4 Å². The molecule has 1 aromatic rings. The lowest BCUT2D eigenvalue weighted by Crippen LogP contribution is -2.50. The zero-order chi connectivity index (χ0) is 20.0. The topological polar surface area (TPSA) is 60.0 Å². The first-order valence-electron chi connectivity index (χ1n) is 9.67. The van der Waals surface area contributed by atoms with Crippen LogP contribution in [0, 0.1) is 5.92 Å². The molecule has 2 unspecified atom stereocenters. The first-order valence-corrected chi connectivity index (χ1v) is 10.6. The minimum Gasteiger partial charge on any atom is -0.356 e. The Morgan fingerprint density at radius 2 is 2.19 bits per heavy atom. The second-order valence-corrected chi connectivity index (χ2v) is 9.40. The quantitative estimate of drug-likeness (QED) is 0.596. The lowest BCUT2D eigenvalue weighted by atomic mass is 9.88. The van der Waals surface area contributed by atoms with Gasteiger partial charge in [0.1, 0.15) is 0 Å². The zero-order valence-electron chi connectivity index (χ0n) is 17.6. The average Bonchev–Trinajstić information content (AvgIpc) is 3.07. The maximum atomic E-state index is 12.2. The Morgan fingerprint density at radius 3 is 2.78 bits per heavy atom. The van der Waals surface area contributed by atoms with Gasteiger partial charge in [0.2, 0.25) is 5.91 Å². The number of likely N-dealkylation sites (tertiary alicyclic amines) is 1. The van der Waals surface area contributed by atoms with Crippen molar-refractivity contribution in [2.24, 2.45) is 10.9 Å². The number of guanidine groups is 1. The highest BCUT2D eigenvalue weighted by atomic mass is 32.1. The summed E-state index contributed by atoms with van der Waals surface area (Å²) in [6, 6.07) is 4.81. The van der Waals surface area contributed by atoms with Crippen molar-refractivity contribution in [3.8, 4) is 0 Å². The molecule has 0 aromatic carbocycles. The van der Waals surface area contributed by atoms with E-state index in [9.17, 15) is 4.79 Å². The van der Waals surface area contributed by atoms with Crippen LogP contribution in [0.3, 0.4) is 0 Å². The minimum atomic E-state index is -0.227. The molecule has 1 amide bonds. The van der Waals surface area contributed by atoms with Crippen molar-refractivity contribution >= 4 is 23.2 Å². The van der Waals surface area contributed by atoms with Crippen LogP contribution in [0.5, 0.6) is 0 Å². The molecule has 1 fully saturated rings. The predicted molar refractivity (Wildman–Crippen MR) is 114 cm³/mol. The standard InChI is InChI=1S/C20H35N5OS/c1-20(2,3)23-17(26)14-25(6)19(21-4)22-13-15-9-7-11-24(5)18(15)16-10-8-12-27-16/h8,10,12,15,18H,7,9,11,13-14H2,1-6H3,(H,21,22)(H,23,26). The van der Waals surface area contributed by atoms with Crippen molar-refractivity contribution < 1.29 is 4.79 Å². The number of nitrogens with zero attached hydrogens (tertiary/aromatic N) is 3. The molecule has 1 aliphatic rings. The van der Waals surface area contributed by atoms with Gasteiger partial charge in [-0.05, 0) is 64.6 Å². The summed E-state index contributed by atoms with van der Waals surface area (Å²) in [5.74, 6) is 1.29. The van der Waals surface area contributed by atoms with Gasteiger partial charge in [-0.25, -0.2) is 0 Å². The van der Waals surface area contributed by atoms with E-state index in [1.165, 1.54) is 17.7 Å². The molecule has 6 nitrogen and oxygen atoms in total. The Hall–Kier alpha value is -1.60. The molecule has 7 heteroatoms. The lowest BCUT2D eigenvalue weighted by molar-refractivity contribution is -0.122. The van der Waals surface area contributed by atoms with Crippen molar-refractivity contribution in [2.45, 2.75) is 45.2 Å². The second-order valence-electron chi connectivity index (χ2n) is 8.43.